The van der Waals surface area contributed by atoms with Crippen LogP contribution in [0.4, 0.5) is 10.6 Å². The summed E-state index contributed by atoms with van der Waals surface area (Å²) >= 11 is 0. The number of pyridine rings is 1. The van der Waals surface area contributed by atoms with E-state index in [2.05, 4.69) is 40.2 Å². The van der Waals surface area contributed by atoms with Crippen LogP contribution in [0.2, 0.25) is 0 Å². The van der Waals surface area contributed by atoms with E-state index < -0.39 is 5.60 Å². The quantitative estimate of drug-likeness (QED) is 0.857. The number of aromatic nitrogens is 3. The fourth-order valence-corrected chi connectivity index (χ4v) is 4.43. The molecule has 4 rings (SSSR count). The maximum atomic E-state index is 12.7. The molecule has 0 saturated carbocycles. The molecule has 2 unspecified atom stereocenters. The number of nitrogens with zero attached hydrogens (tertiary/aromatic N) is 4. The summed E-state index contributed by atoms with van der Waals surface area (Å²) < 4.78 is 5.65. The van der Waals surface area contributed by atoms with E-state index >= 15 is 0 Å². The van der Waals surface area contributed by atoms with Crippen molar-refractivity contribution in [3.8, 4) is 0 Å². The fraction of sp³-hybridized carbons (Fsp3) is 0.591. The third-order valence-electron chi connectivity index (χ3n) is 5.54. The number of hydrogen-bond donors (Lipinski definition) is 1. The second kappa shape index (κ2) is 7.35. The first kappa shape index (κ1) is 19.7. The molecule has 0 aromatic carbocycles. The smallest absolute Gasteiger partial charge is 0.410 e. The third kappa shape index (κ3) is 4.38. The zero-order chi connectivity index (χ0) is 20.8. The van der Waals surface area contributed by atoms with E-state index in [1.54, 1.807) is 0 Å². The Labute approximate surface area is 172 Å². The lowest BCUT2D eigenvalue weighted by Crippen LogP contribution is -2.57. The molecule has 2 aromatic rings. The van der Waals surface area contributed by atoms with Gasteiger partial charge in [0.25, 0.3) is 0 Å². The molecule has 1 N–H and O–H groups in total. The van der Waals surface area contributed by atoms with Gasteiger partial charge in [-0.25, -0.2) is 9.78 Å². The first-order valence-electron chi connectivity index (χ1n) is 10.4. The maximum Gasteiger partial charge on any atom is 0.410 e. The summed E-state index contributed by atoms with van der Waals surface area (Å²) in [6.45, 7) is 11.5. The Morgan fingerprint density at radius 3 is 2.41 bits per heavy atom. The van der Waals surface area contributed by atoms with Gasteiger partial charge in [-0.1, -0.05) is 0 Å². The zero-order valence-corrected chi connectivity index (χ0v) is 18.0. The molecule has 1 amide bonds. The largest absolute Gasteiger partial charge is 0.444 e. The summed E-state index contributed by atoms with van der Waals surface area (Å²) in [6, 6.07) is 6.69. The zero-order valence-electron chi connectivity index (χ0n) is 18.0. The van der Waals surface area contributed by atoms with Gasteiger partial charge in [0.1, 0.15) is 11.4 Å². The second-order valence-corrected chi connectivity index (χ2v) is 9.39. The number of anilines is 1. The van der Waals surface area contributed by atoms with E-state index in [4.69, 9.17) is 9.72 Å². The maximum absolute atomic E-state index is 12.7. The van der Waals surface area contributed by atoms with Gasteiger partial charge in [0.05, 0.1) is 17.8 Å². The summed E-state index contributed by atoms with van der Waals surface area (Å²) in [4.78, 5) is 21.9. The number of H-pyrrole nitrogens is 1. The van der Waals surface area contributed by atoms with Crippen molar-refractivity contribution in [3.05, 3.63) is 40.8 Å². The molecule has 2 aliphatic heterocycles. The van der Waals surface area contributed by atoms with Gasteiger partial charge in [0.2, 0.25) is 0 Å². The van der Waals surface area contributed by atoms with Crippen molar-refractivity contribution in [1.82, 2.24) is 20.1 Å². The van der Waals surface area contributed by atoms with E-state index in [9.17, 15) is 4.79 Å². The Hall–Kier alpha value is -2.57. The Bertz CT molecular complexity index is 887. The predicted octanol–water partition coefficient (Wildman–Crippen LogP) is 3.60. The van der Waals surface area contributed by atoms with Crippen molar-refractivity contribution >= 4 is 11.9 Å². The molecule has 0 radical (unpaired) electrons. The van der Waals surface area contributed by atoms with Gasteiger partial charge < -0.3 is 9.64 Å². The number of nitrogens with one attached hydrogen (secondary N) is 1. The lowest BCUT2D eigenvalue weighted by molar-refractivity contribution is 0.0122. The molecule has 2 fully saturated rings. The van der Waals surface area contributed by atoms with Gasteiger partial charge in [0, 0.05) is 30.9 Å². The van der Waals surface area contributed by atoms with Gasteiger partial charge >= 0.3 is 6.09 Å². The summed E-state index contributed by atoms with van der Waals surface area (Å²) in [5.74, 6) is 0.994. The number of rotatable bonds is 3. The Kier molecular flexibility index (Phi) is 5.00. The molecule has 2 aromatic heterocycles. The van der Waals surface area contributed by atoms with Gasteiger partial charge in [-0.05, 0) is 71.2 Å². The highest BCUT2D eigenvalue weighted by molar-refractivity contribution is 5.70. The molecule has 2 bridgehead atoms. The van der Waals surface area contributed by atoms with Crippen LogP contribution < -0.4 is 4.90 Å². The molecule has 7 heteroatoms. The van der Waals surface area contributed by atoms with Gasteiger partial charge in [-0.15, -0.1) is 0 Å². The minimum atomic E-state index is -0.467. The topological polar surface area (TPSA) is 74.4 Å². The Balaban J connectivity index is 1.50. The number of amides is 1. The molecule has 4 heterocycles. The van der Waals surface area contributed by atoms with Crippen molar-refractivity contribution in [2.24, 2.45) is 0 Å². The van der Waals surface area contributed by atoms with Crippen LogP contribution in [-0.4, -0.2) is 56.9 Å². The van der Waals surface area contributed by atoms with Crippen LogP contribution >= 0.6 is 0 Å². The number of aryl methyl sites for hydroxylation is 2. The van der Waals surface area contributed by atoms with E-state index in [1.807, 2.05) is 32.6 Å². The van der Waals surface area contributed by atoms with E-state index in [1.165, 1.54) is 5.56 Å². The summed E-state index contributed by atoms with van der Waals surface area (Å²) in [7, 11) is 0. The average molecular weight is 398 g/mol. The predicted molar refractivity (Wildman–Crippen MR) is 112 cm³/mol. The highest BCUT2D eigenvalue weighted by atomic mass is 16.6. The molecule has 0 aliphatic carbocycles. The van der Waals surface area contributed by atoms with E-state index in [0.717, 1.165) is 48.8 Å². The monoisotopic (exact) mass is 397 g/mol. The lowest BCUT2D eigenvalue weighted by atomic mass is 10.1. The number of fused-ring (bicyclic) bond motifs is 2. The van der Waals surface area contributed by atoms with Crippen LogP contribution in [0.25, 0.3) is 0 Å². The summed E-state index contributed by atoms with van der Waals surface area (Å²) in [5, 5.41) is 7.33. The fourth-order valence-electron chi connectivity index (χ4n) is 4.43. The number of aromatic amines is 1. The summed E-state index contributed by atoms with van der Waals surface area (Å²) in [6.07, 6.45) is 2.57. The van der Waals surface area contributed by atoms with Crippen molar-refractivity contribution in [1.29, 1.82) is 0 Å². The minimum absolute atomic E-state index is 0.184. The number of ether oxygens (including phenoxy) is 1. The molecule has 2 aliphatic rings. The van der Waals surface area contributed by atoms with Crippen LogP contribution in [0.3, 0.4) is 0 Å². The Morgan fingerprint density at radius 2 is 1.83 bits per heavy atom. The highest BCUT2D eigenvalue weighted by Gasteiger charge is 2.44. The average Bonchev–Trinajstić information content (AvgIpc) is 3.13. The van der Waals surface area contributed by atoms with E-state index in [-0.39, 0.29) is 18.2 Å². The van der Waals surface area contributed by atoms with Crippen LogP contribution in [0, 0.1) is 13.8 Å². The number of carbonyl (C=O) groups is 1. The van der Waals surface area contributed by atoms with Crippen LogP contribution in [-0.2, 0) is 11.2 Å². The first-order valence-corrected chi connectivity index (χ1v) is 10.4. The first-order chi connectivity index (χ1) is 13.7. The molecule has 2 atom stereocenters. The minimum Gasteiger partial charge on any atom is -0.444 e. The lowest BCUT2D eigenvalue weighted by Gasteiger charge is -2.42. The van der Waals surface area contributed by atoms with Gasteiger partial charge in [0.15, 0.2) is 0 Å². The molecule has 7 nitrogen and oxygen atoms in total. The van der Waals surface area contributed by atoms with Crippen molar-refractivity contribution in [3.63, 3.8) is 0 Å². The normalized spacial score (nSPS) is 21.6. The summed E-state index contributed by atoms with van der Waals surface area (Å²) in [5.41, 5.74) is 3.81. The van der Waals surface area contributed by atoms with Crippen LogP contribution in [0.1, 0.15) is 56.3 Å². The number of piperazine rings is 1. The van der Waals surface area contributed by atoms with E-state index in [0.29, 0.717) is 6.42 Å². The van der Waals surface area contributed by atoms with Crippen molar-refractivity contribution in [2.45, 2.75) is 71.6 Å². The molecular formula is C22H31N5O2. The number of carbonyl (C=O) groups excluding carboxylic acids is 1. The molecular weight excluding hydrogens is 366 g/mol. The molecule has 29 heavy (non-hydrogen) atoms. The SMILES string of the molecule is Cc1cc(Cc2cc(C)[nH]n2)nc(N2CC3CCC(C2)N3C(=O)OC(C)(C)C)c1. The van der Waals surface area contributed by atoms with Crippen molar-refractivity contribution < 1.29 is 9.53 Å². The molecule has 2 saturated heterocycles. The molecule has 0 spiro atoms. The second-order valence-electron chi connectivity index (χ2n) is 9.39. The Morgan fingerprint density at radius 1 is 1.14 bits per heavy atom. The molecule has 156 valence electrons. The highest BCUT2D eigenvalue weighted by Crippen LogP contribution is 2.33. The number of hydrogen-bond acceptors (Lipinski definition) is 5. The van der Waals surface area contributed by atoms with Crippen LogP contribution in [0.15, 0.2) is 18.2 Å². The van der Waals surface area contributed by atoms with Crippen molar-refractivity contribution in [2.75, 3.05) is 18.0 Å². The van der Waals surface area contributed by atoms with Gasteiger partial charge in [-0.2, -0.15) is 5.10 Å². The third-order valence-corrected chi connectivity index (χ3v) is 5.54. The standard InChI is InChI=1S/C22H31N5O2/c1-14-8-16(11-17-10-15(2)24-25-17)23-20(9-14)26-12-18-6-7-19(13-26)27(18)21(28)29-22(3,4)5/h8-10,18-19H,6-7,11-13H2,1-5H3,(H,24,25). The van der Waals surface area contributed by atoms with Gasteiger partial charge in [-0.3, -0.25) is 10.00 Å². The van der Waals surface area contributed by atoms with Crippen LogP contribution in [0.5, 0.6) is 0 Å².